The van der Waals surface area contributed by atoms with Crippen molar-refractivity contribution < 1.29 is 14.3 Å². The lowest BCUT2D eigenvalue weighted by molar-refractivity contribution is -0.138. The van der Waals surface area contributed by atoms with Crippen LogP contribution in [-0.2, 0) is 9.53 Å². The van der Waals surface area contributed by atoms with Crippen molar-refractivity contribution in [3.05, 3.63) is 70.9 Å². The second-order valence-corrected chi connectivity index (χ2v) is 7.08. The fourth-order valence-corrected chi connectivity index (χ4v) is 3.39. The maximum Gasteiger partial charge on any atom is 0.351 e. The maximum atomic E-state index is 12.8. The van der Waals surface area contributed by atoms with Gasteiger partial charge in [0.1, 0.15) is 9.88 Å². The largest absolute Gasteiger partial charge is 0.443 e. The molecule has 138 valence electrons. The molecule has 3 rings (SSSR count). The molecule has 0 fully saturated rings. The Morgan fingerprint density at radius 2 is 1.78 bits per heavy atom. The van der Waals surface area contributed by atoms with Crippen molar-refractivity contribution in [2.75, 3.05) is 14.1 Å². The quantitative estimate of drug-likeness (QED) is 0.633. The third kappa shape index (κ3) is 4.20. The Labute approximate surface area is 161 Å². The second-order valence-electron chi connectivity index (χ2n) is 6.08. The fourth-order valence-electron chi connectivity index (χ4n) is 2.47. The summed E-state index contributed by atoms with van der Waals surface area (Å²) in [4.78, 5) is 35.8. The van der Waals surface area contributed by atoms with Gasteiger partial charge in [-0.05, 0) is 19.1 Å². The van der Waals surface area contributed by atoms with Crippen LogP contribution < -0.4 is 0 Å². The summed E-state index contributed by atoms with van der Waals surface area (Å²) in [6, 6.07) is 14.5. The first-order valence-corrected chi connectivity index (χ1v) is 9.15. The van der Waals surface area contributed by atoms with Crippen LogP contribution >= 0.6 is 11.3 Å². The van der Waals surface area contributed by atoms with Crippen LogP contribution in [0.3, 0.4) is 0 Å². The average molecular weight is 381 g/mol. The number of ether oxygens (including phenoxy) is 1. The van der Waals surface area contributed by atoms with E-state index in [2.05, 4.69) is 9.97 Å². The molecule has 1 aromatic carbocycles. The van der Waals surface area contributed by atoms with Crippen molar-refractivity contribution in [3.63, 3.8) is 0 Å². The molecule has 0 radical (unpaired) electrons. The zero-order chi connectivity index (χ0) is 19.4. The summed E-state index contributed by atoms with van der Waals surface area (Å²) in [7, 11) is 3.26. The molecular weight excluding hydrogens is 362 g/mol. The monoisotopic (exact) mass is 381 g/mol. The molecule has 3 aromatic rings. The number of carbonyl (C=O) groups is 2. The number of rotatable bonds is 5. The van der Waals surface area contributed by atoms with Crippen molar-refractivity contribution >= 4 is 23.2 Å². The van der Waals surface area contributed by atoms with Gasteiger partial charge in [-0.15, -0.1) is 11.3 Å². The molecule has 0 saturated heterocycles. The molecule has 0 bridgehead atoms. The number of likely N-dealkylation sites (N-methyl/N-ethyl adjacent to an activating group) is 1. The maximum absolute atomic E-state index is 12.8. The number of hydrogen-bond acceptors (Lipinski definition) is 6. The Kier molecular flexibility index (Phi) is 5.61. The van der Waals surface area contributed by atoms with Crippen LogP contribution in [0.4, 0.5) is 0 Å². The number of nitrogens with zero attached hydrogens (tertiary/aromatic N) is 3. The molecular formula is C20H19N3O3S. The van der Waals surface area contributed by atoms with E-state index in [0.29, 0.717) is 26.8 Å². The van der Waals surface area contributed by atoms with E-state index in [1.165, 1.54) is 16.2 Å². The van der Waals surface area contributed by atoms with Gasteiger partial charge in [-0.1, -0.05) is 36.4 Å². The van der Waals surface area contributed by atoms with Crippen molar-refractivity contribution in [1.29, 1.82) is 0 Å². The molecule has 2 heterocycles. The Morgan fingerprint density at radius 1 is 1.07 bits per heavy atom. The normalized spacial score (nSPS) is 11.7. The van der Waals surface area contributed by atoms with Crippen LogP contribution in [-0.4, -0.2) is 40.8 Å². The lowest BCUT2D eigenvalue weighted by Crippen LogP contribution is -2.31. The minimum absolute atomic E-state index is 0.304. The number of hydrogen-bond donors (Lipinski definition) is 0. The van der Waals surface area contributed by atoms with Gasteiger partial charge in [-0.3, -0.25) is 9.78 Å². The lowest BCUT2D eigenvalue weighted by atomic mass is 10.1. The minimum atomic E-state index is -1.01. The van der Waals surface area contributed by atoms with Gasteiger partial charge in [0.15, 0.2) is 0 Å². The lowest BCUT2D eigenvalue weighted by Gasteiger charge is -2.21. The van der Waals surface area contributed by atoms with Crippen LogP contribution in [0, 0.1) is 6.92 Å². The minimum Gasteiger partial charge on any atom is -0.443 e. The van der Waals surface area contributed by atoms with E-state index < -0.39 is 12.1 Å². The highest BCUT2D eigenvalue weighted by Gasteiger charge is 2.29. The Morgan fingerprint density at radius 3 is 2.41 bits per heavy atom. The van der Waals surface area contributed by atoms with Crippen LogP contribution in [0.1, 0.15) is 27.0 Å². The number of thiazole rings is 1. The third-order valence-electron chi connectivity index (χ3n) is 3.86. The second kappa shape index (κ2) is 8.09. The summed E-state index contributed by atoms with van der Waals surface area (Å²) in [5.74, 6) is -0.877. The third-order valence-corrected chi connectivity index (χ3v) is 5.02. The van der Waals surface area contributed by atoms with Gasteiger partial charge in [-0.25, -0.2) is 9.78 Å². The van der Waals surface area contributed by atoms with Gasteiger partial charge in [0.2, 0.25) is 6.10 Å². The molecule has 0 spiro atoms. The van der Waals surface area contributed by atoms with Crippen LogP contribution in [0.2, 0.25) is 0 Å². The van der Waals surface area contributed by atoms with E-state index >= 15 is 0 Å². The molecule has 0 N–H and O–H groups in total. The molecule has 1 amide bonds. The number of aryl methyl sites for hydroxylation is 1. The first-order valence-electron chi connectivity index (χ1n) is 8.33. The summed E-state index contributed by atoms with van der Waals surface area (Å²) in [6.45, 7) is 1.74. The first-order chi connectivity index (χ1) is 13.0. The van der Waals surface area contributed by atoms with E-state index in [1.54, 1.807) is 51.5 Å². The number of amides is 1. The Hall–Kier alpha value is -3.06. The smallest absolute Gasteiger partial charge is 0.351 e. The van der Waals surface area contributed by atoms with Crippen LogP contribution in [0.25, 0.3) is 10.7 Å². The van der Waals surface area contributed by atoms with Crippen molar-refractivity contribution in [3.8, 4) is 10.7 Å². The van der Waals surface area contributed by atoms with E-state index in [4.69, 9.17) is 4.74 Å². The summed E-state index contributed by atoms with van der Waals surface area (Å²) in [5, 5.41) is 0.634. The molecule has 0 aliphatic carbocycles. The number of pyridine rings is 1. The average Bonchev–Trinajstić information content (AvgIpc) is 3.08. The van der Waals surface area contributed by atoms with E-state index in [0.717, 1.165) is 0 Å². The van der Waals surface area contributed by atoms with Crippen molar-refractivity contribution in [2.45, 2.75) is 13.0 Å². The van der Waals surface area contributed by atoms with E-state index in [1.807, 2.05) is 24.3 Å². The zero-order valence-electron chi connectivity index (χ0n) is 15.2. The highest BCUT2D eigenvalue weighted by Crippen LogP contribution is 2.29. The molecule has 6 nitrogen and oxygen atoms in total. The Bertz CT molecular complexity index is 940. The van der Waals surface area contributed by atoms with E-state index in [9.17, 15) is 9.59 Å². The molecule has 0 unspecified atom stereocenters. The summed E-state index contributed by atoms with van der Waals surface area (Å²) in [6.07, 6.45) is 0.666. The molecule has 7 heteroatoms. The van der Waals surface area contributed by atoms with Gasteiger partial charge in [0.25, 0.3) is 5.91 Å². The standard InChI is InChI=1S/C20H19N3O3S/c1-13-17(27-18(22-13)15-11-7-8-12-21-15)20(25)26-16(19(24)23(2)3)14-9-5-4-6-10-14/h4-12,16H,1-3H3/t16-/m1/s1. The molecule has 27 heavy (non-hydrogen) atoms. The zero-order valence-corrected chi connectivity index (χ0v) is 16.1. The SMILES string of the molecule is Cc1nc(-c2ccccn2)sc1C(=O)O[C@@H](C(=O)N(C)C)c1ccccc1. The van der Waals surface area contributed by atoms with Crippen molar-refractivity contribution in [2.24, 2.45) is 0 Å². The number of esters is 1. The molecule has 0 aliphatic heterocycles. The molecule has 0 aliphatic rings. The van der Waals surface area contributed by atoms with Crippen LogP contribution in [0.15, 0.2) is 54.7 Å². The summed E-state index contributed by atoms with van der Waals surface area (Å²) >= 11 is 1.20. The van der Waals surface area contributed by atoms with Gasteiger partial charge in [0.05, 0.1) is 11.4 Å². The predicted octanol–water partition coefficient (Wildman–Crippen LogP) is 3.50. The molecule has 2 aromatic heterocycles. The topological polar surface area (TPSA) is 72.4 Å². The number of carbonyl (C=O) groups excluding carboxylic acids is 2. The van der Waals surface area contributed by atoms with Gasteiger partial charge < -0.3 is 9.64 Å². The number of benzene rings is 1. The van der Waals surface area contributed by atoms with Crippen molar-refractivity contribution in [1.82, 2.24) is 14.9 Å². The summed E-state index contributed by atoms with van der Waals surface area (Å²) < 4.78 is 5.60. The molecule has 0 saturated carbocycles. The first kappa shape index (κ1) is 18.7. The number of aromatic nitrogens is 2. The summed E-state index contributed by atoms with van der Waals surface area (Å²) in [5.41, 5.74) is 1.86. The molecule has 1 atom stereocenters. The van der Waals surface area contributed by atoms with Crippen LogP contribution in [0.5, 0.6) is 0 Å². The highest BCUT2D eigenvalue weighted by atomic mass is 32.1. The fraction of sp³-hybridized carbons (Fsp3) is 0.200. The van der Waals surface area contributed by atoms with Gasteiger partial charge >= 0.3 is 5.97 Å². The predicted molar refractivity (Wildman–Crippen MR) is 103 cm³/mol. The van der Waals surface area contributed by atoms with E-state index in [-0.39, 0.29) is 5.91 Å². The Balaban J connectivity index is 1.88. The van der Waals surface area contributed by atoms with Gasteiger partial charge in [0, 0.05) is 25.9 Å². The van der Waals surface area contributed by atoms with Gasteiger partial charge in [-0.2, -0.15) is 0 Å². The highest BCUT2D eigenvalue weighted by molar-refractivity contribution is 7.17.